The molecule has 0 aromatic heterocycles. The Bertz CT molecular complexity index is 950. The molecule has 6 atom stereocenters. The monoisotopic (exact) mass is 488 g/mol. The third kappa shape index (κ3) is 6.03. The van der Waals surface area contributed by atoms with Gasteiger partial charge in [0.1, 0.15) is 29.7 Å². The van der Waals surface area contributed by atoms with Crippen LogP contribution in [0.25, 0.3) is 0 Å². The van der Waals surface area contributed by atoms with Crippen LogP contribution in [0.4, 0.5) is 0 Å². The van der Waals surface area contributed by atoms with Crippen molar-refractivity contribution in [1.82, 2.24) is 0 Å². The lowest BCUT2D eigenvalue weighted by Gasteiger charge is -2.45. The number of aryl methyl sites for hydroxylation is 1. The molecule has 1 unspecified atom stereocenters. The lowest BCUT2D eigenvalue weighted by Crippen LogP contribution is -2.66. The van der Waals surface area contributed by atoms with E-state index in [1.54, 1.807) is 0 Å². The summed E-state index contributed by atoms with van der Waals surface area (Å²) in [6, 6.07) is 14.1. The maximum atomic E-state index is 10.6. The molecular formula is C27H36O8. The van der Waals surface area contributed by atoms with E-state index in [4.69, 9.17) is 18.9 Å². The van der Waals surface area contributed by atoms with E-state index in [-0.39, 0.29) is 6.29 Å². The Morgan fingerprint density at radius 1 is 1.06 bits per heavy atom. The molecule has 2 aromatic rings. The summed E-state index contributed by atoms with van der Waals surface area (Å²) >= 11 is 0. The van der Waals surface area contributed by atoms with Crippen molar-refractivity contribution in [2.24, 2.45) is 0 Å². The van der Waals surface area contributed by atoms with Gasteiger partial charge in [-0.1, -0.05) is 43.3 Å². The molecule has 2 fully saturated rings. The number of benzene rings is 2. The quantitative estimate of drug-likeness (QED) is 0.424. The second-order valence-corrected chi connectivity index (χ2v) is 9.50. The molecular weight excluding hydrogens is 452 g/mol. The summed E-state index contributed by atoms with van der Waals surface area (Å²) in [5, 5.41) is 41.2. The van der Waals surface area contributed by atoms with Gasteiger partial charge < -0.3 is 39.4 Å². The number of rotatable bonds is 9. The van der Waals surface area contributed by atoms with Gasteiger partial charge in [0.15, 0.2) is 6.29 Å². The summed E-state index contributed by atoms with van der Waals surface area (Å²) in [6.45, 7) is 3.91. The summed E-state index contributed by atoms with van der Waals surface area (Å²) in [5.41, 5.74) is 2.24. The molecule has 4 N–H and O–H groups in total. The summed E-state index contributed by atoms with van der Waals surface area (Å²) in [6.07, 6.45) is -2.32. The number of hydrogen-bond donors (Lipinski definition) is 4. The topological polar surface area (TPSA) is 118 Å². The lowest BCUT2D eigenvalue weighted by molar-refractivity contribution is -0.308. The molecule has 0 aliphatic carbocycles. The number of hydrogen-bond acceptors (Lipinski definition) is 8. The Balaban J connectivity index is 1.57. The molecule has 0 saturated carbocycles. The molecule has 0 radical (unpaired) electrons. The van der Waals surface area contributed by atoms with Gasteiger partial charge >= 0.3 is 0 Å². The van der Waals surface area contributed by atoms with Gasteiger partial charge in [0, 0.05) is 19.4 Å². The molecule has 192 valence electrons. The highest BCUT2D eigenvalue weighted by molar-refractivity contribution is 5.41. The first-order valence-electron chi connectivity index (χ1n) is 12.3. The molecule has 8 heteroatoms. The van der Waals surface area contributed by atoms with E-state index in [1.807, 2.05) is 18.2 Å². The smallest absolute Gasteiger partial charge is 0.229 e. The Kier molecular flexibility index (Phi) is 8.44. The Labute approximate surface area is 206 Å². The van der Waals surface area contributed by atoms with Crippen LogP contribution in [0.2, 0.25) is 0 Å². The van der Waals surface area contributed by atoms with Crippen LogP contribution in [0, 0.1) is 0 Å². The molecule has 0 bridgehead atoms. The van der Waals surface area contributed by atoms with E-state index in [9.17, 15) is 20.4 Å². The van der Waals surface area contributed by atoms with Crippen molar-refractivity contribution in [3.63, 3.8) is 0 Å². The maximum absolute atomic E-state index is 10.6. The van der Waals surface area contributed by atoms with Crippen LogP contribution in [0.1, 0.15) is 48.9 Å². The molecule has 2 aliphatic heterocycles. The van der Waals surface area contributed by atoms with Crippen LogP contribution >= 0.6 is 0 Å². The van der Waals surface area contributed by atoms with Crippen LogP contribution in [0.15, 0.2) is 42.5 Å². The fraction of sp³-hybridized carbons (Fsp3) is 0.556. The first-order chi connectivity index (χ1) is 16.8. The molecule has 2 heterocycles. The van der Waals surface area contributed by atoms with Crippen LogP contribution in [0.3, 0.4) is 0 Å². The van der Waals surface area contributed by atoms with Crippen molar-refractivity contribution < 1.29 is 39.4 Å². The number of aliphatic hydroxyl groups excluding tert-OH is 3. The minimum Gasteiger partial charge on any atom is -0.462 e. The van der Waals surface area contributed by atoms with Crippen molar-refractivity contribution in [3.05, 3.63) is 64.7 Å². The van der Waals surface area contributed by atoms with Crippen LogP contribution in [-0.2, 0) is 33.7 Å². The van der Waals surface area contributed by atoms with Gasteiger partial charge in [0.05, 0.1) is 13.2 Å². The predicted molar refractivity (Wildman–Crippen MR) is 128 cm³/mol. The SMILES string of the molecule is CCc1ccc(Cc2ccc(COC3CCCO3)cc2O[C@@H]2O[C@H](CO)[C@@](C)(O)[C@H](O)[C@H]2O)cc1. The first kappa shape index (κ1) is 26.0. The maximum Gasteiger partial charge on any atom is 0.229 e. The largest absolute Gasteiger partial charge is 0.462 e. The third-order valence-corrected chi connectivity index (χ3v) is 6.84. The highest BCUT2D eigenvalue weighted by Gasteiger charge is 2.52. The van der Waals surface area contributed by atoms with Crippen molar-refractivity contribution in [1.29, 1.82) is 0 Å². The molecule has 2 aromatic carbocycles. The normalized spacial score (nSPS) is 31.0. The van der Waals surface area contributed by atoms with Crippen molar-refractivity contribution in [3.8, 4) is 5.75 Å². The molecule has 35 heavy (non-hydrogen) atoms. The highest BCUT2D eigenvalue weighted by atomic mass is 16.7. The zero-order valence-electron chi connectivity index (χ0n) is 20.3. The highest BCUT2D eigenvalue weighted by Crippen LogP contribution is 2.33. The number of ether oxygens (including phenoxy) is 4. The molecule has 2 saturated heterocycles. The van der Waals surface area contributed by atoms with Gasteiger partial charge in [-0.25, -0.2) is 0 Å². The summed E-state index contributed by atoms with van der Waals surface area (Å²) < 4.78 is 23.1. The van der Waals surface area contributed by atoms with E-state index in [1.165, 1.54) is 12.5 Å². The number of aliphatic hydroxyl groups is 4. The van der Waals surface area contributed by atoms with Crippen molar-refractivity contribution >= 4 is 0 Å². The van der Waals surface area contributed by atoms with Gasteiger partial charge in [0.2, 0.25) is 6.29 Å². The predicted octanol–water partition coefficient (Wildman–Crippen LogP) is 2.06. The summed E-state index contributed by atoms with van der Waals surface area (Å²) in [5.74, 6) is 0.465. The average Bonchev–Trinajstić information content (AvgIpc) is 3.39. The summed E-state index contributed by atoms with van der Waals surface area (Å²) in [4.78, 5) is 0. The molecule has 8 nitrogen and oxygen atoms in total. The van der Waals surface area contributed by atoms with Gasteiger partial charge in [-0.3, -0.25) is 0 Å². The van der Waals surface area contributed by atoms with Crippen LogP contribution in [0.5, 0.6) is 5.75 Å². The zero-order valence-corrected chi connectivity index (χ0v) is 20.3. The fourth-order valence-corrected chi connectivity index (χ4v) is 4.44. The third-order valence-electron chi connectivity index (χ3n) is 6.84. The molecule has 4 rings (SSSR count). The Morgan fingerprint density at radius 2 is 1.77 bits per heavy atom. The minimum absolute atomic E-state index is 0.220. The van der Waals surface area contributed by atoms with E-state index < -0.39 is 36.8 Å². The van der Waals surface area contributed by atoms with Gasteiger partial charge in [-0.05, 0) is 48.1 Å². The summed E-state index contributed by atoms with van der Waals surface area (Å²) in [7, 11) is 0. The Hall–Kier alpha value is -2.04. The minimum atomic E-state index is -1.82. The van der Waals surface area contributed by atoms with Gasteiger partial charge in [-0.2, -0.15) is 0 Å². The van der Waals surface area contributed by atoms with Crippen molar-refractivity contribution in [2.75, 3.05) is 13.2 Å². The van der Waals surface area contributed by atoms with Crippen LogP contribution in [-0.4, -0.2) is 70.1 Å². The zero-order chi connectivity index (χ0) is 25.0. The van der Waals surface area contributed by atoms with Crippen LogP contribution < -0.4 is 4.74 Å². The second kappa shape index (κ2) is 11.3. The van der Waals surface area contributed by atoms with Gasteiger partial charge in [-0.15, -0.1) is 0 Å². The Morgan fingerprint density at radius 3 is 2.43 bits per heavy atom. The van der Waals surface area contributed by atoms with Crippen molar-refractivity contribution in [2.45, 2.75) is 82.6 Å². The first-order valence-corrected chi connectivity index (χ1v) is 12.3. The average molecular weight is 489 g/mol. The van der Waals surface area contributed by atoms with E-state index in [2.05, 4.69) is 31.2 Å². The van der Waals surface area contributed by atoms with E-state index in [0.717, 1.165) is 36.0 Å². The molecule has 0 spiro atoms. The molecule has 2 aliphatic rings. The lowest BCUT2D eigenvalue weighted by atomic mass is 9.86. The molecule has 0 amide bonds. The van der Waals surface area contributed by atoms with E-state index in [0.29, 0.717) is 25.4 Å². The van der Waals surface area contributed by atoms with E-state index >= 15 is 0 Å². The second-order valence-electron chi connectivity index (χ2n) is 9.50. The van der Waals surface area contributed by atoms with Gasteiger partial charge in [0.25, 0.3) is 0 Å². The standard InChI is InChI=1S/C27H36O8/c1-3-17-6-8-18(9-7-17)13-20-11-10-19(16-33-23-5-4-12-32-23)14-21(20)34-26-24(29)25(30)27(2,31)22(15-28)35-26/h6-11,14,22-26,28-31H,3-5,12-13,15-16H2,1-2H3/t22-,23?,24-,25-,26-,27-/m1/s1. The fourth-order valence-electron chi connectivity index (χ4n) is 4.44.